The van der Waals surface area contributed by atoms with E-state index in [2.05, 4.69) is 15.2 Å². The fraction of sp³-hybridized carbons (Fsp3) is 0.185. The van der Waals surface area contributed by atoms with Crippen LogP contribution >= 0.6 is 11.6 Å². The van der Waals surface area contributed by atoms with Gasteiger partial charge in [0.15, 0.2) is 5.78 Å². The molecule has 0 saturated heterocycles. The van der Waals surface area contributed by atoms with Crippen LogP contribution in [0.3, 0.4) is 0 Å². The molecule has 1 fully saturated rings. The number of aromatic nitrogens is 3. The lowest BCUT2D eigenvalue weighted by atomic mass is 9.90. The van der Waals surface area contributed by atoms with Gasteiger partial charge in [-0.15, -0.1) is 5.10 Å². The van der Waals surface area contributed by atoms with Crippen molar-refractivity contribution in [3.05, 3.63) is 106 Å². The van der Waals surface area contributed by atoms with E-state index in [9.17, 15) is 9.59 Å². The van der Waals surface area contributed by atoms with Gasteiger partial charge in [0.25, 0.3) is 5.56 Å². The lowest BCUT2D eigenvalue weighted by Gasteiger charge is -2.16. The average Bonchev–Trinajstić information content (AvgIpc) is 3.28. The Morgan fingerprint density at radius 2 is 1.71 bits per heavy atom. The molecule has 2 unspecified atom stereocenters. The van der Waals surface area contributed by atoms with Gasteiger partial charge in [0.05, 0.1) is 11.9 Å². The summed E-state index contributed by atoms with van der Waals surface area (Å²) in [4.78, 5) is 30.6. The van der Waals surface area contributed by atoms with E-state index in [1.54, 1.807) is 36.4 Å². The predicted octanol–water partition coefficient (Wildman–Crippen LogP) is 5.39. The van der Waals surface area contributed by atoms with E-state index in [1.807, 2.05) is 36.4 Å². The van der Waals surface area contributed by atoms with Crippen molar-refractivity contribution in [2.24, 2.45) is 11.8 Å². The highest BCUT2D eigenvalue weighted by Crippen LogP contribution is 2.39. The summed E-state index contributed by atoms with van der Waals surface area (Å²) in [6.45, 7) is 0.241. The molecular formula is C27H22ClN3O4. The van der Waals surface area contributed by atoms with E-state index in [1.165, 1.54) is 10.9 Å². The Morgan fingerprint density at radius 3 is 2.43 bits per heavy atom. The molecular weight excluding hydrogens is 466 g/mol. The first kappa shape index (κ1) is 23.0. The van der Waals surface area contributed by atoms with Gasteiger partial charge in [0.2, 0.25) is 0 Å². The molecule has 1 aliphatic rings. The Labute approximate surface area is 206 Å². The fourth-order valence-corrected chi connectivity index (χ4v) is 4.85. The maximum absolute atomic E-state index is 13.4. The summed E-state index contributed by atoms with van der Waals surface area (Å²) in [6.07, 6.45) is 2.44. The maximum atomic E-state index is 13.4. The van der Waals surface area contributed by atoms with Gasteiger partial charge in [-0.05, 0) is 53.8 Å². The standard InChI is InChI=1S/C27H22ClN3O4/c28-21-12-9-18(10-13-21)17-5-7-19(8-6-17)26(32)22-14-11-20(24(22)16-35-34)15-31-27(33)23-3-1-2-4-25(23)29-30-31/h1-10,12-13,16,20,22,34H,11,14-15H2. The molecule has 1 aromatic heterocycles. The number of rotatable bonds is 6. The predicted molar refractivity (Wildman–Crippen MR) is 133 cm³/mol. The maximum Gasteiger partial charge on any atom is 0.277 e. The zero-order valence-electron chi connectivity index (χ0n) is 18.7. The minimum atomic E-state index is -0.461. The van der Waals surface area contributed by atoms with Gasteiger partial charge in [0, 0.05) is 22.4 Å². The summed E-state index contributed by atoms with van der Waals surface area (Å²) < 4.78 is 1.31. The van der Waals surface area contributed by atoms with Gasteiger partial charge in [0.1, 0.15) is 11.8 Å². The van der Waals surface area contributed by atoms with Crippen LogP contribution in [-0.2, 0) is 11.4 Å². The topological polar surface area (TPSA) is 94.3 Å². The molecule has 2 atom stereocenters. The number of ketones is 1. The van der Waals surface area contributed by atoms with Gasteiger partial charge in [-0.2, -0.15) is 0 Å². The minimum absolute atomic E-state index is 0.0598. The Morgan fingerprint density at radius 1 is 1.03 bits per heavy atom. The van der Waals surface area contributed by atoms with Crippen LogP contribution in [0.2, 0.25) is 5.02 Å². The van der Waals surface area contributed by atoms with E-state index in [4.69, 9.17) is 16.9 Å². The Kier molecular flexibility index (Phi) is 6.44. The molecule has 1 N–H and O–H groups in total. The smallest absolute Gasteiger partial charge is 0.277 e. The van der Waals surface area contributed by atoms with Crippen molar-refractivity contribution in [2.75, 3.05) is 0 Å². The molecule has 0 aliphatic heterocycles. The number of allylic oxidation sites excluding steroid dienone is 1. The molecule has 1 heterocycles. The van der Waals surface area contributed by atoms with Crippen LogP contribution in [-0.4, -0.2) is 26.0 Å². The number of nitrogens with zero attached hydrogens (tertiary/aromatic N) is 3. The second kappa shape index (κ2) is 9.82. The molecule has 0 amide bonds. The highest BCUT2D eigenvalue weighted by molar-refractivity contribution is 6.30. The number of Topliss-reactive ketones (excluding diaryl/α,β-unsaturated/α-hetero) is 1. The highest BCUT2D eigenvalue weighted by Gasteiger charge is 2.36. The van der Waals surface area contributed by atoms with Crippen molar-refractivity contribution in [1.29, 1.82) is 0 Å². The Bertz CT molecular complexity index is 1460. The first-order valence-corrected chi connectivity index (χ1v) is 11.7. The van der Waals surface area contributed by atoms with Crippen LogP contribution in [0.5, 0.6) is 0 Å². The monoisotopic (exact) mass is 487 g/mol. The highest BCUT2D eigenvalue weighted by atomic mass is 35.5. The Balaban J connectivity index is 1.37. The first-order valence-electron chi connectivity index (χ1n) is 11.3. The van der Waals surface area contributed by atoms with Crippen LogP contribution < -0.4 is 5.56 Å². The fourth-order valence-electron chi connectivity index (χ4n) is 4.73. The van der Waals surface area contributed by atoms with E-state index in [-0.39, 0.29) is 23.8 Å². The summed E-state index contributed by atoms with van der Waals surface area (Å²) in [5, 5.41) is 18.5. The van der Waals surface area contributed by atoms with Crippen LogP contribution in [0.4, 0.5) is 0 Å². The molecule has 7 nitrogen and oxygen atoms in total. The summed E-state index contributed by atoms with van der Waals surface area (Å²) in [5.74, 6) is -0.717. The van der Waals surface area contributed by atoms with Crippen LogP contribution in [0.1, 0.15) is 23.2 Å². The molecule has 35 heavy (non-hydrogen) atoms. The van der Waals surface area contributed by atoms with E-state index < -0.39 is 5.92 Å². The number of fused-ring (bicyclic) bond motifs is 1. The van der Waals surface area contributed by atoms with E-state index in [0.29, 0.717) is 39.9 Å². The lowest BCUT2D eigenvalue weighted by Crippen LogP contribution is -2.28. The second-order valence-electron chi connectivity index (χ2n) is 8.59. The Hall–Kier alpha value is -3.81. The second-order valence-corrected chi connectivity index (χ2v) is 9.03. The van der Waals surface area contributed by atoms with Crippen molar-refractivity contribution < 1.29 is 14.9 Å². The molecule has 0 spiro atoms. The number of benzene rings is 3. The third-order valence-electron chi connectivity index (χ3n) is 6.55. The molecule has 4 aromatic rings. The van der Waals surface area contributed by atoms with Gasteiger partial charge in [-0.1, -0.05) is 65.3 Å². The van der Waals surface area contributed by atoms with Crippen molar-refractivity contribution in [3.8, 4) is 11.1 Å². The zero-order valence-corrected chi connectivity index (χ0v) is 19.4. The van der Waals surface area contributed by atoms with Crippen molar-refractivity contribution in [1.82, 2.24) is 15.0 Å². The van der Waals surface area contributed by atoms with Crippen LogP contribution in [0, 0.1) is 11.8 Å². The summed E-state index contributed by atoms with van der Waals surface area (Å²) in [6, 6.07) is 21.9. The zero-order chi connectivity index (χ0) is 24.4. The third-order valence-corrected chi connectivity index (χ3v) is 6.80. The molecule has 176 valence electrons. The van der Waals surface area contributed by atoms with E-state index in [0.717, 1.165) is 11.1 Å². The van der Waals surface area contributed by atoms with Crippen LogP contribution in [0.25, 0.3) is 22.0 Å². The van der Waals surface area contributed by atoms with E-state index >= 15 is 0 Å². The van der Waals surface area contributed by atoms with Gasteiger partial charge in [-0.25, -0.2) is 9.94 Å². The lowest BCUT2D eigenvalue weighted by molar-refractivity contribution is -0.188. The molecule has 5 rings (SSSR count). The summed E-state index contributed by atoms with van der Waals surface area (Å²) in [7, 11) is 0. The van der Waals surface area contributed by atoms with Crippen molar-refractivity contribution in [3.63, 3.8) is 0 Å². The summed E-state index contributed by atoms with van der Waals surface area (Å²) >= 11 is 5.97. The molecule has 0 bridgehead atoms. The third kappa shape index (κ3) is 4.60. The first-order chi connectivity index (χ1) is 17.0. The van der Waals surface area contributed by atoms with Crippen LogP contribution in [0.15, 0.2) is 89.4 Å². The number of hydrogen-bond donors (Lipinski definition) is 1. The molecule has 3 aromatic carbocycles. The quantitative estimate of drug-likeness (QED) is 0.169. The number of carbonyl (C=O) groups excluding carboxylic acids is 1. The largest absolute Gasteiger partial charge is 0.348 e. The number of carbonyl (C=O) groups is 1. The van der Waals surface area contributed by atoms with Crippen molar-refractivity contribution in [2.45, 2.75) is 19.4 Å². The molecule has 8 heteroatoms. The van der Waals surface area contributed by atoms with Gasteiger partial charge in [-0.3, -0.25) is 9.59 Å². The minimum Gasteiger partial charge on any atom is -0.348 e. The van der Waals surface area contributed by atoms with Gasteiger partial charge >= 0.3 is 0 Å². The number of halogens is 1. The van der Waals surface area contributed by atoms with Gasteiger partial charge < -0.3 is 4.89 Å². The molecule has 0 radical (unpaired) electrons. The SMILES string of the molecule is O=C(c1ccc(-c2ccc(Cl)cc2)cc1)C1CCC(Cn2nnc3ccccc3c2=O)C1=COO. The summed E-state index contributed by atoms with van der Waals surface area (Å²) in [5.41, 5.74) is 3.48. The molecule has 1 aliphatic carbocycles. The average molecular weight is 488 g/mol. The number of hydrogen-bond acceptors (Lipinski definition) is 6. The normalized spacial score (nSPS) is 18.7. The molecule has 1 saturated carbocycles. The van der Waals surface area contributed by atoms with Crippen molar-refractivity contribution >= 4 is 28.3 Å².